The summed E-state index contributed by atoms with van der Waals surface area (Å²) < 4.78 is 0. The number of H-pyrrole nitrogens is 1. The molecule has 108 valence electrons. The summed E-state index contributed by atoms with van der Waals surface area (Å²) in [6, 6.07) is 1.78. The summed E-state index contributed by atoms with van der Waals surface area (Å²) in [6.07, 6.45) is 5.62. The highest BCUT2D eigenvalue weighted by atomic mass is 16.1. The van der Waals surface area contributed by atoms with Crippen molar-refractivity contribution in [2.75, 3.05) is 5.32 Å². The van der Waals surface area contributed by atoms with Gasteiger partial charge < -0.3 is 16.0 Å². The van der Waals surface area contributed by atoms with Crippen LogP contribution in [0.2, 0.25) is 0 Å². The second-order valence-electron chi connectivity index (χ2n) is 5.89. The van der Waals surface area contributed by atoms with Crippen molar-refractivity contribution in [1.82, 2.24) is 9.97 Å². The number of rotatable bonds is 4. The van der Waals surface area contributed by atoms with Crippen LogP contribution in [0.25, 0.3) is 0 Å². The van der Waals surface area contributed by atoms with E-state index in [0.29, 0.717) is 11.7 Å². The second-order valence-corrected chi connectivity index (χ2v) is 5.89. The quantitative estimate of drug-likeness (QED) is 0.766. The largest absolute Gasteiger partial charge is 0.369 e. The Morgan fingerprint density at radius 2 is 1.95 bits per heavy atom. The maximum atomic E-state index is 11.6. The molecular weight excluding hydrogens is 256 g/mol. The highest BCUT2D eigenvalue weighted by Crippen LogP contribution is 2.37. The molecule has 1 amide bonds. The summed E-state index contributed by atoms with van der Waals surface area (Å²) in [5.41, 5.74) is 5.23. The lowest BCUT2D eigenvalue weighted by Crippen LogP contribution is -2.33. The number of hydrogen-bond acceptors (Lipinski definition) is 4. The Bertz CT molecular complexity index is 557. The van der Waals surface area contributed by atoms with E-state index in [1.807, 2.05) is 0 Å². The SMILES string of the molecule is NC(=O)C1CCC(Nc2cc(=O)[nH]c(C3CC3)n2)CC1. The van der Waals surface area contributed by atoms with Crippen LogP contribution in [-0.2, 0) is 4.79 Å². The van der Waals surface area contributed by atoms with Crippen molar-refractivity contribution in [3.05, 3.63) is 22.2 Å². The van der Waals surface area contributed by atoms with Gasteiger partial charge in [0.2, 0.25) is 5.91 Å². The standard InChI is InChI=1S/C14H20N4O2/c15-13(20)8-3-5-10(6-4-8)16-11-7-12(19)18-14(17-11)9-1-2-9/h7-10H,1-6H2,(H2,15,20)(H2,16,17,18,19). The summed E-state index contributed by atoms with van der Waals surface area (Å²) >= 11 is 0. The number of aromatic nitrogens is 2. The third-order valence-corrected chi connectivity index (χ3v) is 4.21. The molecule has 0 aliphatic heterocycles. The van der Waals surface area contributed by atoms with E-state index >= 15 is 0 Å². The number of hydrogen-bond donors (Lipinski definition) is 3. The molecule has 1 heterocycles. The molecule has 2 aliphatic rings. The minimum atomic E-state index is -0.200. The summed E-state index contributed by atoms with van der Waals surface area (Å²) in [6.45, 7) is 0. The molecule has 20 heavy (non-hydrogen) atoms. The van der Waals surface area contributed by atoms with Gasteiger partial charge in [0.25, 0.3) is 5.56 Å². The zero-order chi connectivity index (χ0) is 14.1. The predicted octanol–water partition coefficient (Wildman–Crippen LogP) is 1.10. The van der Waals surface area contributed by atoms with E-state index in [-0.39, 0.29) is 23.4 Å². The fraction of sp³-hybridized carbons (Fsp3) is 0.643. The van der Waals surface area contributed by atoms with Crippen LogP contribution >= 0.6 is 0 Å². The second kappa shape index (κ2) is 5.26. The van der Waals surface area contributed by atoms with Crippen molar-refractivity contribution >= 4 is 11.7 Å². The first-order valence-electron chi connectivity index (χ1n) is 7.29. The Balaban J connectivity index is 1.63. The van der Waals surface area contributed by atoms with Crippen molar-refractivity contribution in [3.8, 4) is 0 Å². The van der Waals surface area contributed by atoms with Crippen molar-refractivity contribution in [1.29, 1.82) is 0 Å². The number of primary amides is 1. The van der Waals surface area contributed by atoms with Gasteiger partial charge in [-0.1, -0.05) is 0 Å². The van der Waals surface area contributed by atoms with Crippen LogP contribution in [0, 0.1) is 5.92 Å². The van der Waals surface area contributed by atoms with Gasteiger partial charge in [-0.2, -0.15) is 0 Å². The molecule has 0 aromatic carbocycles. The predicted molar refractivity (Wildman–Crippen MR) is 75.4 cm³/mol. The van der Waals surface area contributed by atoms with Gasteiger partial charge in [-0.15, -0.1) is 0 Å². The molecule has 3 rings (SSSR count). The number of carbonyl (C=O) groups is 1. The summed E-state index contributed by atoms with van der Waals surface area (Å²) in [5, 5.41) is 3.32. The van der Waals surface area contributed by atoms with Crippen LogP contribution in [0.1, 0.15) is 50.3 Å². The molecule has 0 spiro atoms. The molecule has 0 unspecified atom stereocenters. The van der Waals surface area contributed by atoms with Crippen LogP contribution in [0.5, 0.6) is 0 Å². The number of anilines is 1. The van der Waals surface area contributed by atoms with E-state index in [0.717, 1.165) is 44.3 Å². The molecule has 0 saturated heterocycles. The van der Waals surface area contributed by atoms with Crippen LogP contribution in [0.3, 0.4) is 0 Å². The first-order valence-corrected chi connectivity index (χ1v) is 7.29. The van der Waals surface area contributed by atoms with E-state index in [2.05, 4.69) is 15.3 Å². The summed E-state index contributed by atoms with van der Waals surface area (Å²) in [5.74, 6) is 1.68. The summed E-state index contributed by atoms with van der Waals surface area (Å²) in [7, 11) is 0. The topological polar surface area (TPSA) is 101 Å². The number of nitrogens with two attached hydrogens (primary N) is 1. The van der Waals surface area contributed by atoms with Crippen LogP contribution in [0.15, 0.2) is 10.9 Å². The van der Waals surface area contributed by atoms with Gasteiger partial charge >= 0.3 is 0 Å². The summed E-state index contributed by atoms with van der Waals surface area (Å²) in [4.78, 5) is 30.1. The lowest BCUT2D eigenvalue weighted by atomic mass is 9.85. The van der Waals surface area contributed by atoms with Crippen molar-refractivity contribution in [2.24, 2.45) is 11.7 Å². The molecule has 4 N–H and O–H groups in total. The lowest BCUT2D eigenvalue weighted by molar-refractivity contribution is -0.122. The Labute approximate surface area is 117 Å². The molecule has 0 atom stereocenters. The average molecular weight is 276 g/mol. The Kier molecular flexibility index (Phi) is 3.46. The lowest BCUT2D eigenvalue weighted by Gasteiger charge is -2.27. The number of nitrogens with zero attached hydrogens (tertiary/aromatic N) is 1. The van der Waals surface area contributed by atoms with E-state index in [9.17, 15) is 9.59 Å². The van der Waals surface area contributed by atoms with Crippen LogP contribution in [0.4, 0.5) is 5.82 Å². The number of amides is 1. The average Bonchev–Trinajstić information content (AvgIpc) is 3.23. The molecule has 0 bridgehead atoms. The van der Waals surface area contributed by atoms with Gasteiger partial charge in [-0.05, 0) is 38.5 Å². The van der Waals surface area contributed by atoms with Gasteiger partial charge in [0.15, 0.2) is 0 Å². The zero-order valence-electron chi connectivity index (χ0n) is 11.4. The van der Waals surface area contributed by atoms with E-state index in [4.69, 9.17) is 5.73 Å². The first-order chi connectivity index (χ1) is 9.61. The Morgan fingerprint density at radius 3 is 2.55 bits per heavy atom. The number of nitrogens with one attached hydrogen (secondary N) is 2. The minimum absolute atomic E-state index is 0.00205. The van der Waals surface area contributed by atoms with Crippen molar-refractivity contribution in [2.45, 2.75) is 50.5 Å². The third-order valence-electron chi connectivity index (χ3n) is 4.21. The monoisotopic (exact) mass is 276 g/mol. The molecule has 6 heteroatoms. The molecule has 1 aromatic heterocycles. The fourth-order valence-corrected chi connectivity index (χ4v) is 2.83. The first kappa shape index (κ1) is 13.1. The molecule has 0 radical (unpaired) electrons. The third kappa shape index (κ3) is 3.00. The molecule has 2 saturated carbocycles. The highest BCUT2D eigenvalue weighted by molar-refractivity contribution is 5.76. The minimum Gasteiger partial charge on any atom is -0.369 e. The van der Waals surface area contributed by atoms with Gasteiger partial charge in [0, 0.05) is 23.9 Å². The Morgan fingerprint density at radius 1 is 1.25 bits per heavy atom. The number of aromatic amines is 1. The zero-order valence-corrected chi connectivity index (χ0v) is 11.4. The van der Waals surface area contributed by atoms with Crippen LogP contribution in [-0.4, -0.2) is 21.9 Å². The van der Waals surface area contributed by atoms with Crippen molar-refractivity contribution in [3.63, 3.8) is 0 Å². The molecule has 2 fully saturated rings. The fourth-order valence-electron chi connectivity index (χ4n) is 2.83. The molecule has 1 aromatic rings. The Hall–Kier alpha value is -1.85. The van der Waals surface area contributed by atoms with Gasteiger partial charge in [-0.3, -0.25) is 9.59 Å². The van der Waals surface area contributed by atoms with Gasteiger partial charge in [-0.25, -0.2) is 4.98 Å². The number of carbonyl (C=O) groups excluding carboxylic acids is 1. The van der Waals surface area contributed by atoms with E-state index < -0.39 is 0 Å². The normalized spacial score (nSPS) is 26.2. The van der Waals surface area contributed by atoms with Gasteiger partial charge in [0.05, 0.1) is 0 Å². The smallest absolute Gasteiger partial charge is 0.252 e. The molecule has 2 aliphatic carbocycles. The van der Waals surface area contributed by atoms with E-state index in [1.54, 1.807) is 0 Å². The highest BCUT2D eigenvalue weighted by Gasteiger charge is 2.27. The van der Waals surface area contributed by atoms with Crippen LogP contribution < -0.4 is 16.6 Å². The van der Waals surface area contributed by atoms with Gasteiger partial charge in [0.1, 0.15) is 11.6 Å². The maximum absolute atomic E-state index is 11.6. The van der Waals surface area contributed by atoms with Crippen molar-refractivity contribution < 1.29 is 4.79 Å². The molecular formula is C14H20N4O2. The maximum Gasteiger partial charge on any atom is 0.252 e. The van der Waals surface area contributed by atoms with E-state index in [1.165, 1.54) is 6.07 Å². The molecule has 6 nitrogen and oxygen atoms in total.